The summed E-state index contributed by atoms with van der Waals surface area (Å²) in [6.45, 7) is 5.16. The number of hydrogen-bond acceptors (Lipinski definition) is 4. The van der Waals surface area contributed by atoms with E-state index in [1.807, 2.05) is 30.3 Å². The molecule has 0 aromatic heterocycles. The van der Waals surface area contributed by atoms with Gasteiger partial charge in [0, 0.05) is 31.9 Å². The first kappa shape index (κ1) is 25.3. The van der Waals surface area contributed by atoms with Crippen molar-refractivity contribution in [2.75, 3.05) is 31.1 Å². The van der Waals surface area contributed by atoms with Gasteiger partial charge in [0.25, 0.3) is 5.91 Å². The summed E-state index contributed by atoms with van der Waals surface area (Å²) in [6.07, 6.45) is 1.66. The van der Waals surface area contributed by atoms with Crippen molar-refractivity contribution in [1.29, 1.82) is 5.26 Å². The minimum atomic E-state index is -0.231. The number of rotatable bonds is 6. The molecule has 178 valence electrons. The van der Waals surface area contributed by atoms with Crippen LogP contribution in [0.2, 0.25) is 0 Å². The Hall–Kier alpha value is -2.83. The molecule has 3 aromatic rings. The van der Waals surface area contributed by atoms with Gasteiger partial charge in [0.1, 0.15) is 24.0 Å². The van der Waals surface area contributed by atoms with Crippen molar-refractivity contribution < 1.29 is 9.53 Å². The summed E-state index contributed by atoms with van der Waals surface area (Å²) >= 11 is 5.81. The molecular formula is C28H25BrIN3O2. The molecule has 1 amide bonds. The molecule has 0 saturated carbocycles. The third-order valence-corrected chi connectivity index (χ3v) is 7.26. The van der Waals surface area contributed by atoms with E-state index in [0.29, 0.717) is 19.7 Å². The quantitative estimate of drug-likeness (QED) is 0.183. The van der Waals surface area contributed by atoms with Gasteiger partial charge in [-0.15, -0.1) is 0 Å². The van der Waals surface area contributed by atoms with Crippen LogP contribution in [0.5, 0.6) is 5.75 Å². The van der Waals surface area contributed by atoms with Crippen LogP contribution >= 0.6 is 38.5 Å². The van der Waals surface area contributed by atoms with Crippen LogP contribution in [0.15, 0.2) is 76.8 Å². The number of ether oxygens (including phenoxy) is 1. The number of para-hydroxylation sites is 1. The van der Waals surface area contributed by atoms with Crippen LogP contribution in [0.25, 0.3) is 6.08 Å². The van der Waals surface area contributed by atoms with E-state index in [-0.39, 0.29) is 11.5 Å². The number of benzene rings is 3. The predicted molar refractivity (Wildman–Crippen MR) is 151 cm³/mol. The van der Waals surface area contributed by atoms with Crippen molar-refractivity contribution in [3.63, 3.8) is 0 Å². The molecular weight excluding hydrogens is 617 g/mol. The third-order valence-electron chi connectivity index (χ3n) is 5.87. The summed E-state index contributed by atoms with van der Waals surface area (Å²) < 4.78 is 7.73. The molecule has 4 rings (SSSR count). The Morgan fingerprint density at radius 3 is 2.40 bits per heavy atom. The summed E-state index contributed by atoms with van der Waals surface area (Å²) in [4.78, 5) is 17.1. The monoisotopic (exact) mass is 641 g/mol. The number of anilines is 1. The fourth-order valence-electron chi connectivity index (χ4n) is 3.93. The number of piperazine rings is 1. The largest absolute Gasteiger partial charge is 0.487 e. The van der Waals surface area contributed by atoms with Crippen molar-refractivity contribution in [3.05, 3.63) is 97.0 Å². The SMILES string of the molecule is Cc1ccc(COc2c(Br)cc(/C=C(/C#N)C(=O)N3CCN(c4ccccc4)CC3)cc2I)cc1. The summed E-state index contributed by atoms with van der Waals surface area (Å²) in [7, 11) is 0. The van der Waals surface area contributed by atoms with E-state index in [2.05, 4.69) is 92.8 Å². The van der Waals surface area contributed by atoms with Gasteiger partial charge in [-0.2, -0.15) is 5.26 Å². The minimum Gasteiger partial charge on any atom is -0.487 e. The molecule has 7 heteroatoms. The van der Waals surface area contributed by atoms with E-state index in [1.54, 1.807) is 11.0 Å². The molecule has 1 saturated heterocycles. The summed E-state index contributed by atoms with van der Waals surface area (Å²) in [5.74, 6) is 0.510. The summed E-state index contributed by atoms with van der Waals surface area (Å²) in [5, 5.41) is 9.73. The zero-order chi connectivity index (χ0) is 24.8. The van der Waals surface area contributed by atoms with Gasteiger partial charge in [-0.1, -0.05) is 48.0 Å². The highest BCUT2D eigenvalue weighted by Crippen LogP contribution is 2.33. The van der Waals surface area contributed by atoms with E-state index in [0.717, 1.165) is 43.7 Å². The van der Waals surface area contributed by atoms with Crippen LogP contribution in [-0.2, 0) is 11.4 Å². The lowest BCUT2D eigenvalue weighted by Crippen LogP contribution is -2.49. The second-order valence-electron chi connectivity index (χ2n) is 8.37. The molecule has 5 nitrogen and oxygen atoms in total. The van der Waals surface area contributed by atoms with Crippen LogP contribution < -0.4 is 9.64 Å². The van der Waals surface area contributed by atoms with E-state index >= 15 is 0 Å². The number of hydrogen-bond donors (Lipinski definition) is 0. The smallest absolute Gasteiger partial charge is 0.264 e. The van der Waals surface area contributed by atoms with Crippen LogP contribution in [-0.4, -0.2) is 37.0 Å². The lowest BCUT2D eigenvalue weighted by atomic mass is 10.1. The lowest BCUT2D eigenvalue weighted by Gasteiger charge is -2.36. The Bertz CT molecular complexity index is 1240. The highest BCUT2D eigenvalue weighted by Gasteiger charge is 2.24. The Balaban J connectivity index is 1.43. The third kappa shape index (κ3) is 6.44. The van der Waals surface area contributed by atoms with Crippen molar-refractivity contribution in [1.82, 2.24) is 4.90 Å². The maximum absolute atomic E-state index is 13.1. The highest BCUT2D eigenvalue weighted by molar-refractivity contribution is 14.1. The highest BCUT2D eigenvalue weighted by atomic mass is 127. The topological polar surface area (TPSA) is 56.6 Å². The van der Waals surface area contributed by atoms with E-state index in [1.165, 1.54) is 5.56 Å². The predicted octanol–water partition coefficient (Wildman–Crippen LogP) is 6.20. The molecule has 0 aliphatic carbocycles. The van der Waals surface area contributed by atoms with Gasteiger partial charge in [-0.25, -0.2) is 0 Å². The van der Waals surface area contributed by atoms with Crippen molar-refractivity contribution in [2.24, 2.45) is 0 Å². The van der Waals surface area contributed by atoms with E-state index < -0.39 is 0 Å². The molecule has 1 aliphatic rings. The molecule has 3 aromatic carbocycles. The van der Waals surface area contributed by atoms with Gasteiger partial charge >= 0.3 is 0 Å². The van der Waals surface area contributed by atoms with Gasteiger partial charge in [0.2, 0.25) is 0 Å². The number of nitrogens with zero attached hydrogens (tertiary/aromatic N) is 3. The van der Waals surface area contributed by atoms with Crippen LogP contribution in [0.1, 0.15) is 16.7 Å². The molecule has 1 aliphatic heterocycles. The second kappa shape index (κ2) is 11.7. The average molecular weight is 642 g/mol. The maximum Gasteiger partial charge on any atom is 0.264 e. The van der Waals surface area contributed by atoms with Gasteiger partial charge in [0.05, 0.1) is 8.04 Å². The van der Waals surface area contributed by atoms with Gasteiger partial charge in [0.15, 0.2) is 0 Å². The summed E-state index contributed by atoms with van der Waals surface area (Å²) in [6, 6.07) is 24.3. The molecule has 0 spiro atoms. The standard InChI is InChI=1S/C28H25BrIN3O2/c1-20-7-9-21(10-8-20)19-35-27-25(29)16-22(17-26(27)30)15-23(18-31)28(34)33-13-11-32(12-14-33)24-5-3-2-4-6-24/h2-10,15-17H,11-14,19H2,1H3/b23-15-. The van der Waals surface area contributed by atoms with Crippen molar-refractivity contribution in [3.8, 4) is 11.8 Å². The molecule has 0 bridgehead atoms. The molecule has 1 heterocycles. The molecule has 0 unspecified atom stereocenters. The molecule has 0 radical (unpaired) electrons. The normalized spacial score (nSPS) is 13.9. The van der Waals surface area contributed by atoms with E-state index in [4.69, 9.17) is 4.74 Å². The first-order chi connectivity index (χ1) is 16.9. The number of carbonyl (C=O) groups is 1. The number of aryl methyl sites for hydroxylation is 1. The number of carbonyl (C=O) groups excluding carboxylic acids is 1. The van der Waals surface area contributed by atoms with Gasteiger partial charge in [-0.05, 0) is 86.9 Å². The molecule has 1 fully saturated rings. The maximum atomic E-state index is 13.1. The first-order valence-electron chi connectivity index (χ1n) is 11.3. The number of halogens is 2. The average Bonchev–Trinajstić information content (AvgIpc) is 2.88. The second-order valence-corrected chi connectivity index (χ2v) is 10.4. The fourth-order valence-corrected chi connectivity index (χ4v) is 5.69. The number of amides is 1. The Kier molecular flexibility index (Phi) is 8.47. The van der Waals surface area contributed by atoms with Crippen LogP contribution in [0.3, 0.4) is 0 Å². The lowest BCUT2D eigenvalue weighted by molar-refractivity contribution is -0.126. The first-order valence-corrected chi connectivity index (χ1v) is 13.2. The Labute approximate surface area is 228 Å². The zero-order valence-electron chi connectivity index (χ0n) is 19.4. The molecule has 0 N–H and O–H groups in total. The minimum absolute atomic E-state index is 0.134. The fraction of sp³-hybridized carbons (Fsp3) is 0.214. The van der Waals surface area contributed by atoms with Crippen LogP contribution in [0, 0.1) is 21.8 Å². The number of nitriles is 1. The molecule has 35 heavy (non-hydrogen) atoms. The van der Waals surface area contributed by atoms with Crippen LogP contribution in [0.4, 0.5) is 5.69 Å². The molecule has 0 atom stereocenters. The van der Waals surface area contributed by atoms with Gasteiger partial charge < -0.3 is 14.5 Å². The summed E-state index contributed by atoms with van der Waals surface area (Å²) in [5.41, 5.74) is 4.36. The zero-order valence-corrected chi connectivity index (χ0v) is 23.1. The van der Waals surface area contributed by atoms with E-state index in [9.17, 15) is 10.1 Å². The Morgan fingerprint density at radius 1 is 1.09 bits per heavy atom. The van der Waals surface area contributed by atoms with Crippen molar-refractivity contribution in [2.45, 2.75) is 13.5 Å². The van der Waals surface area contributed by atoms with Crippen molar-refractivity contribution >= 4 is 56.2 Å². The van der Waals surface area contributed by atoms with Gasteiger partial charge in [-0.3, -0.25) is 4.79 Å². The Morgan fingerprint density at radius 2 is 1.77 bits per heavy atom.